The fourth-order valence-electron chi connectivity index (χ4n) is 1.70. The maximum absolute atomic E-state index is 9.21. The van der Waals surface area contributed by atoms with Gasteiger partial charge in [-0.3, -0.25) is 0 Å². The Labute approximate surface area is 121 Å². The van der Waals surface area contributed by atoms with Gasteiger partial charge in [-0.25, -0.2) is 0 Å². The Morgan fingerprint density at radius 1 is 1.16 bits per heavy atom. The second-order valence-electron chi connectivity index (χ2n) is 5.33. The van der Waals surface area contributed by atoms with Crippen molar-refractivity contribution >= 4 is 15.9 Å². The number of benzene rings is 1. The molecule has 3 nitrogen and oxygen atoms in total. The van der Waals surface area contributed by atoms with Crippen LogP contribution in [0.2, 0.25) is 0 Å². The summed E-state index contributed by atoms with van der Waals surface area (Å²) in [5, 5.41) is 11.3. The predicted molar refractivity (Wildman–Crippen MR) is 78.6 cm³/mol. The molecule has 102 valence electrons. The summed E-state index contributed by atoms with van der Waals surface area (Å²) in [6, 6.07) is 12.0. The molecule has 19 heavy (non-hydrogen) atoms. The van der Waals surface area contributed by atoms with Crippen molar-refractivity contribution in [3.05, 3.63) is 46.6 Å². The van der Waals surface area contributed by atoms with E-state index in [0.717, 1.165) is 28.1 Å². The summed E-state index contributed by atoms with van der Waals surface area (Å²) in [4.78, 5) is 0. The van der Waals surface area contributed by atoms with E-state index in [9.17, 15) is 5.11 Å². The van der Waals surface area contributed by atoms with Crippen molar-refractivity contribution in [2.45, 2.75) is 25.9 Å². The Bertz CT molecular complexity index is 531. The average Bonchev–Trinajstić information content (AvgIpc) is 2.86. The van der Waals surface area contributed by atoms with Crippen molar-refractivity contribution in [3.63, 3.8) is 0 Å². The molecule has 0 radical (unpaired) electrons. The van der Waals surface area contributed by atoms with Crippen LogP contribution in [0, 0.1) is 0 Å². The molecule has 0 saturated carbocycles. The second kappa shape index (κ2) is 5.90. The van der Waals surface area contributed by atoms with E-state index in [1.807, 2.05) is 50.2 Å². The van der Waals surface area contributed by atoms with Gasteiger partial charge in [0.25, 0.3) is 0 Å². The number of hydrogen-bond acceptors (Lipinski definition) is 2. The lowest BCUT2D eigenvalue weighted by molar-refractivity contribution is -0.738. The van der Waals surface area contributed by atoms with Crippen LogP contribution in [-0.4, -0.2) is 17.3 Å². The van der Waals surface area contributed by atoms with Gasteiger partial charge in [-0.2, -0.15) is 0 Å². The molecule has 1 aromatic carbocycles. The van der Waals surface area contributed by atoms with Gasteiger partial charge in [0.05, 0.1) is 6.61 Å². The molecular formula is C15H19BrNO2+. The van der Waals surface area contributed by atoms with E-state index in [4.69, 9.17) is 4.42 Å². The zero-order valence-electron chi connectivity index (χ0n) is 11.2. The fraction of sp³-hybridized carbons (Fsp3) is 0.333. The third kappa shape index (κ3) is 3.93. The average molecular weight is 325 g/mol. The Morgan fingerprint density at radius 3 is 2.47 bits per heavy atom. The highest BCUT2D eigenvalue weighted by Gasteiger charge is 2.20. The van der Waals surface area contributed by atoms with E-state index in [1.54, 1.807) is 0 Å². The molecule has 2 rings (SSSR count). The van der Waals surface area contributed by atoms with Crippen LogP contribution < -0.4 is 5.32 Å². The molecular weight excluding hydrogens is 306 g/mol. The molecule has 2 aromatic rings. The van der Waals surface area contributed by atoms with Crippen LogP contribution in [-0.2, 0) is 6.54 Å². The van der Waals surface area contributed by atoms with Gasteiger partial charge in [-0.05, 0) is 38.1 Å². The molecule has 0 bridgehead atoms. The van der Waals surface area contributed by atoms with E-state index in [2.05, 4.69) is 21.2 Å². The molecule has 0 aliphatic heterocycles. The number of halogens is 1. The van der Waals surface area contributed by atoms with Gasteiger partial charge in [0.15, 0.2) is 5.76 Å². The summed E-state index contributed by atoms with van der Waals surface area (Å²) in [5.41, 5.74) is 0.890. The Morgan fingerprint density at radius 2 is 1.84 bits per heavy atom. The number of nitrogens with two attached hydrogens (primary N) is 1. The van der Waals surface area contributed by atoms with Crippen LogP contribution >= 0.6 is 15.9 Å². The molecule has 0 aliphatic rings. The Balaban J connectivity index is 2.05. The van der Waals surface area contributed by atoms with Crippen LogP contribution in [0.5, 0.6) is 0 Å². The standard InChI is InChI=1S/C15H18BrNO2/c1-15(2,10-18)17-9-13-7-8-14(19-13)11-3-5-12(16)6-4-11/h3-8,17-18H,9-10H2,1-2H3/p+1. The highest BCUT2D eigenvalue weighted by Crippen LogP contribution is 2.23. The SMILES string of the molecule is CC(C)(CO)[NH2+]Cc1ccc(-c2ccc(Br)cc2)o1. The van der Waals surface area contributed by atoms with Crippen molar-refractivity contribution in [3.8, 4) is 11.3 Å². The highest BCUT2D eigenvalue weighted by atomic mass is 79.9. The van der Waals surface area contributed by atoms with Gasteiger partial charge in [-0.15, -0.1) is 0 Å². The molecule has 0 aliphatic carbocycles. The summed E-state index contributed by atoms with van der Waals surface area (Å²) < 4.78 is 6.88. The van der Waals surface area contributed by atoms with Crippen molar-refractivity contribution in [1.29, 1.82) is 0 Å². The fourth-order valence-corrected chi connectivity index (χ4v) is 1.96. The van der Waals surface area contributed by atoms with Crippen LogP contribution in [0.25, 0.3) is 11.3 Å². The number of quaternary nitrogens is 1. The first-order valence-corrected chi connectivity index (χ1v) is 7.09. The van der Waals surface area contributed by atoms with E-state index >= 15 is 0 Å². The lowest BCUT2D eigenvalue weighted by Crippen LogP contribution is -2.95. The zero-order valence-corrected chi connectivity index (χ0v) is 12.8. The van der Waals surface area contributed by atoms with Crippen molar-refractivity contribution in [2.24, 2.45) is 0 Å². The van der Waals surface area contributed by atoms with Crippen LogP contribution in [0.1, 0.15) is 19.6 Å². The number of aliphatic hydroxyl groups excluding tert-OH is 1. The van der Waals surface area contributed by atoms with Gasteiger partial charge in [-0.1, -0.05) is 28.1 Å². The maximum Gasteiger partial charge on any atom is 0.158 e. The molecule has 4 heteroatoms. The third-order valence-corrected chi connectivity index (χ3v) is 3.58. The monoisotopic (exact) mass is 324 g/mol. The molecule has 1 aromatic heterocycles. The third-order valence-electron chi connectivity index (χ3n) is 3.05. The van der Waals surface area contributed by atoms with Crippen LogP contribution in [0.3, 0.4) is 0 Å². The highest BCUT2D eigenvalue weighted by molar-refractivity contribution is 9.10. The first-order valence-electron chi connectivity index (χ1n) is 6.30. The number of hydrogen-bond donors (Lipinski definition) is 2. The summed E-state index contributed by atoms with van der Waals surface area (Å²) in [6.07, 6.45) is 0. The summed E-state index contributed by atoms with van der Waals surface area (Å²) >= 11 is 3.42. The first kappa shape index (κ1) is 14.3. The smallest absolute Gasteiger partial charge is 0.158 e. The molecule has 0 spiro atoms. The minimum absolute atomic E-state index is 0.146. The Hall–Kier alpha value is -1.10. The van der Waals surface area contributed by atoms with Gasteiger partial charge in [0, 0.05) is 10.0 Å². The molecule has 0 amide bonds. The lowest BCUT2D eigenvalue weighted by atomic mass is 10.1. The molecule has 0 saturated heterocycles. The molecule has 3 N–H and O–H groups in total. The minimum atomic E-state index is -0.176. The topological polar surface area (TPSA) is 50.0 Å². The summed E-state index contributed by atoms with van der Waals surface area (Å²) in [6.45, 7) is 4.88. The molecule has 0 unspecified atom stereocenters. The summed E-state index contributed by atoms with van der Waals surface area (Å²) in [7, 11) is 0. The van der Waals surface area contributed by atoms with Crippen molar-refractivity contribution < 1.29 is 14.8 Å². The minimum Gasteiger partial charge on any atom is -0.455 e. The van der Waals surface area contributed by atoms with E-state index in [1.165, 1.54) is 0 Å². The maximum atomic E-state index is 9.21. The number of aliphatic hydroxyl groups is 1. The van der Waals surface area contributed by atoms with Crippen LogP contribution in [0.4, 0.5) is 0 Å². The van der Waals surface area contributed by atoms with Gasteiger partial charge in [0.2, 0.25) is 0 Å². The molecule has 0 atom stereocenters. The largest absolute Gasteiger partial charge is 0.455 e. The number of furan rings is 1. The quantitative estimate of drug-likeness (QED) is 0.888. The molecule has 1 heterocycles. The Kier molecular flexibility index (Phi) is 4.45. The van der Waals surface area contributed by atoms with Crippen molar-refractivity contribution in [2.75, 3.05) is 6.61 Å². The first-order chi connectivity index (χ1) is 9.00. The normalized spacial score (nSPS) is 11.8. The van der Waals surface area contributed by atoms with Gasteiger partial charge in [0.1, 0.15) is 17.8 Å². The van der Waals surface area contributed by atoms with Gasteiger partial charge >= 0.3 is 0 Å². The number of rotatable bonds is 5. The van der Waals surface area contributed by atoms with Crippen molar-refractivity contribution in [1.82, 2.24) is 0 Å². The van der Waals surface area contributed by atoms with Gasteiger partial charge < -0.3 is 14.8 Å². The van der Waals surface area contributed by atoms with E-state index in [-0.39, 0.29) is 12.1 Å². The zero-order chi connectivity index (χ0) is 13.9. The van der Waals surface area contributed by atoms with E-state index < -0.39 is 0 Å². The lowest BCUT2D eigenvalue weighted by Gasteiger charge is -2.18. The second-order valence-corrected chi connectivity index (χ2v) is 6.24. The van der Waals surface area contributed by atoms with Crippen LogP contribution in [0.15, 0.2) is 45.3 Å². The van der Waals surface area contributed by atoms with E-state index in [0.29, 0.717) is 0 Å². The predicted octanol–water partition coefficient (Wildman–Crippen LogP) is 2.54. The molecule has 0 fully saturated rings. The summed E-state index contributed by atoms with van der Waals surface area (Å²) in [5.74, 6) is 1.79.